The molecule has 0 aromatic carbocycles. The van der Waals surface area contributed by atoms with Crippen LogP contribution in [0.2, 0.25) is 0 Å². The van der Waals surface area contributed by atoms with E-state index in [1.165, 1.54) is 25.7 Å². The molecule has 2 rings (SSSR count). The summed E-state index contributed by atoms with van der Waals surface area (Å²) in [6, 6.07) is 0. The monoisotopic (exact) mass is 223 g/mol. The van der Waals surface area contributed by atoms with Gasteiger partial charge in [0, 0.05) is 13.5 Å². The molecule has 1 aliphatic rings. The number of nitrogens with zero attached hydrogens (tertiary/aromatic N) is 2. The first-order valence-electron chi connectivity index (χ1n) is 5.80. The van der Waals surface area contributed by atoms with Crippen LogP contribution in [0.1, 0.15) is 37.4 Å². The van der Waals surface area contributed by atoms with Crippen molar-refractivity contribution in [1.82, 2.24) is 15.5 Å². The number of rotatable bonds is 4. The fourth-order valence-corrected chi connectivity index (χ4v) is 2.09. The van der Waals surface area contributed by atoms with Crippen LogP contribution in [0.5, 0.6) is 0 Å². The lowest BCUT2D eigenvalue weighted by molar-refractivity contribution is -0.120. The summed E-state index contributed by atoms with van der Waals surface area (Å²) < 4.78 is 4.80. The standard InChI is InChI=1S/C11H17N3O2/c1-8-13-10(14-16-8)6-11(15)12-7-9-4-2-3-5-9/h9H,2-7H2,1H3,(H,12,15). The molecule has 1 aliphatic carbocycles. The van der Waals surface area contributed by atoms with Crippen LogP contribution in [0.3, 0.4) is 0 Å². The van der Waals surface area contributed by atoms with Gasteiger partial charge < -0.3 is 9.84 Å². The molecule has 1 heterocycles. The molecule has 0 aliphatic heterocycles. The molecular formula is C11H17N3O2. The summed E-state index contributed by atoms with van der Waals surface area (Å²) in [5, 5.41) is 6.61. The molecule has 0 unspecified atom stereocenters. The molecule has 1 N–H and O–H groups in total. The minimum absolute atomic E-state index is 0.0206. The normalized spacial score (nSPS) is 16.6. The van der Waals surface area contributed by atoms with E-state index >= 15 is 0 Å². The van der Waals surface area contributed by atoms with Gasteiger partial charge in [0.25, 0.3) is 0 Å². The van der Waals surface area contributed by atoms with Crippen molar-refractivity contribution in [3.63, 3.8) is 0 Å². The second-order valence-electron chi connectivity index (χ2n) is 4.36. The number of carbonyl (C=O) groups excluding carboxylic acids is 1. The summed E-state index contributed by atoms with van der Waals surface area (Å²) in [6.45, 7) is 2.50. The topological polar surface area (TPSA) is 68.0 Å². The van der Waals surface area contributed by atoms with Crippen LogP contribution in [-0.4, -0.2) is 22.6 Å². The fraction of sp³-hybridized carbons (Fsp3) is 0.727. The summed E-state index contributed by atoms with van der Waals surface area (Å²) in [5.41, 5.74) is 0. The highest BCUT2D eigenvalue weighted by Gasteiger charge is 2.16. The van der Waals surface area contributed by atoms with Gasteiger partial charge in [-0.15, -0.1) is 0 Å². The summed E-state index contributed by atoms with van der Waals surface area (Å²) in [7, 11) is 0. The minimum atomic E-state index is -0.0206. The zero-order valence-corrected chi connectivity index (χ0v) is 9.53. The summed E-state index contributed by atoms with van der Waals surface area (Å²) >= 11 is 0. The van der Waals surface area contributed by atoms with Gasteiger partial charge in [-0.3, -0.25) is 4.79 Å². The highest BCUT2D eigenvalue weighted by molar-refractivity contribution is 5.77. The van der Waals surface area contributed by atoms with Crippen LogP contribution in [-0.2, 0) is 11.2 Å². The predicted octanol–water partition coefficient (Wildman–Crippen LogP) is 1.23. The minimum Gasteiger partial charge on any atom is -0.355 e. The molecule has 88 valence electrons. The van der Waals surface area contributed by atoms with Gasteiger partial charge in [-0.2, -0.15) is 4.98 Å². The van der Waals surface area contributed by atoms with Crippen LogP contribution in [0.15, 0.2) is 4.52 Å². The molecule has 1 amide bonds. The van der Waals surface area contributed by atoms with Crippen LogP contribution in [0.4, 0.5) is 0 Å². The van der Waals surface area contributed by atoms with Gasteiger partial charge in [-0.25, -0.2) is 0 Å². The van der Waals surface area contributed by atoms with Crippen molar-refractivity contribution in [2.45, 2.75) is 39.0 Å². The van der Waals surface area contributed by atoms with Crippen molar-refractivity contribution >= 4 is 5.91 Å². The Morgan fingerprint density at radius 1 is 1.50 bits per heavy atom. The third kappa shape index (κ3) is 3.05. The first kappa shape index (κ1) is 11.1. The SMILES string of the molecule is Cc1nc(CC(=O)NCC2CCCC2)no1. The van der Waals surface area contributed by atoms with E-state index in [4.69, 9.17) is 4.52 Å². The lowest BCUT2D eigenvalue weighted by Gasteiger charge is -2.09. The van der Waals surface area contributed by atoms with Gasteiger partial charge in [-0.1, -0.05) is 18.0 Å². The maximum Gasteiger partial charge on any atom is 0.227 e. The number of hydrogen-bond acceptors (Lipinski definition) is 4. The molecule has 0 spiro atoms. The Balaban J connectivity index is 1.71. The van der Waals surface area contributed by atoms with E-state index in [2.05, 4.69) is 15.5 Å². The molecule has 0 bridgehead atoms. The summed E-state index contributed by atoms with van der Waals surface area (Å²) in [4.78, 5) is 15.5. The molecule has 1 aromatic rings. The fourth-order valence-electron chi connectivity index (χ4n) is 2.09. The Kier molecular flexibility index (Phi) is 3.54. The molecular weight excluding hydrogens is 206 g/mol. The maximum atomic E-state index is 11.5. The average Bonchev–Trinajstić information content (AvgIpc) is 2.87. The lowest BCUT2D eigenvalue weighted by atomic mass is 10.1. The predicted molar refractivity (Wildman–Crippen MR) is 57.7 cm³/mol. The molecule has 1 saturated carbocycles. The van der Waals surface area contributed by atoms with E-state index in [0.717, 1.165) is 6.54 Å². The summed E-state index contributed by atoms with van der Waals surface area (Å²) in [5.74, 6) is 1.60. The largest absolute Gasteiger partial charge is 0.355 e. The Morgan fingerprint density at radius 2 is 2.25 bits per heavy atom. The van der Waals surface area contributed by atoms with Gasteiger partial charge >= 0.3 is 0 Å². The quantitative estimate of drug-likeness (QED) is 0.833. The second-order valence-corrected chi connectivity index (χ2v) is 4.36. The molecule has 16 heavy (non-hydrogen) atoms. The van der Waals surface area contributed by atoms with Gasteiger partial charge in [0.05, 0.1) is 6.42 Å². The van der Waals surface area contributed by atoms with Crippen LogP contribution >= 0.6 is 0 Å². The molecule has 0 saturated heterocycles. The number of hydrogen-bond donors (Lipinski definition) is 1. The molecule has 0 atom stereocenters. The number of carbonyl (C=O) groups is 1. The van der Waals surface area contributed by atoms with Crippen LogP contribution in [0, 0.1) is 12.8 Å². The van der Waals surface area contributed by atoms with Crippen molar-refractivity contribution in [3.8, 4) is 0 Å². The number of aromatic nitrogens is 2. The van der Waals surface area contributed by atoms with E-state index < -0.39 is 0 Å². The Hall–Kier alpha value is -1.39. The molecule has 5 nitrogen and oxygen atoms in total. The summed E-state index contributed by atoms with van der Waals surface area (Å²) in [6.07, 6.45) is 5.28. The van der Waals surface area contributed by atoms with E-state index in [0.29, 0.717) is 17.6 Å². The van der Waals surface area contributed by atoms with Gasteiger partial charge in [-0.05, 0) is 18.8 Å². The smallest absolute Gasteiger partial charge is 0.227 e. The molecule has 1 fully saturated rings. The lowest BCUT2D eigenvalue weighted by Crippen LogP contribution is -2.29. The highest BCUT2D eigenvalue weighted by Crippen LogP contribution is 2.23. The zero-order chi connectivity index (χ0) is 11.4. The number of amides is 1. The highest BCUT2D eigenvalue weighted by atomic mass is 16.5. The first-order chi connectivity index (χ1) is 7.74. The number of nitrogens with one attached hydrogen (secondary N) is 1. The Bertz CT molecular complexity index is 356. The van der Waals surface area contributed by atoms with E-state index in [1.54, 1.807) is 6.92 Å². The van der Waals surface area contributed by atoms with Gasteiger partial charge in [0.15, 0.2) is 5.82 Å². The van der Waals surface area contributed by atoms with Gasteiger partial charge in [0.2, 0.25) is 11.8 Å². The third-order valence-electron chi connectivity index (χ3n) is 2.95. The first-order valence-corrected chi connectivity index (χ1v) is 5.80. The zero-order valence-electron chi connectivity index (χ0n) is 9.53. The van der Waals surface area contributed by atoms with Crippen LogP contribution in [0.25, 0.3) is 0 Å². The van der Waals surface area contributed by atoms with E-state index in [9.17, 15) is 4.79 Å². The van der Waals surface area contributed by atoms with Gasteiger partial charge in [0.1, 0.15) is 0 Å². The third-order valence-corrected chi connectivity index (χ3v) is 2.95. The molecule has 5 heteroatoms. The maximum absolute atomic E-state index is 11.5. The van der Waals surface area contributed by atoms with Crippen molar-refractivity contribution in [1.29, 1.82) is 0 Å². The van der Waals surface area contributed by atoms with E-state index in [1.807, 2.05) is 0 Å². The van der Waals surface area contributed by atoms with Crippen molar-refractivity contribution in [2.24, 2.45) is 5.92 Å². The van der Waals surface area contributed by atoms with E-state index in [-0.39, 0.29) is 12.3 Å². The van der Waals surface area contributed by atoms with Crippen molar-refractivity contribution in [3.05, 3.63) is 11.7 Å². The molecule has 0 radical (unpaired) electrons. The second kappa shape index (κ2) is 5.09. The van der Waals surface area contributed by atoms with Crippen LogP contribution < -0.4 is 5.32 Å². The average molecular weight is 223 g/mol. The Morgan fingerprint density at radius 3 is 2.88 bits per heavy atom. The number of aryl methyl sites for hydroxylation is 1. The van der Waals surface area contributed by atoms with Crippen molar-refractivity contribution in [2.75, 3.05) is 6.54 Å². The Labute approximate surface area is 94.6 Å². The van der Waals surface area contributed by atoms with Crippen molar-refractivity contribution < 1.29 is 9.32 Å². The molecule has 1 aromatic heterocycles.